The van der Waals surface area contributed by atoms with Crippen LogP contribution in [0.4, 0.5) is 10.1 Å². The van der Waals surface area contributed by atoms with Gasteiger partial charge < -0.3 is 4.90 Å². The molecule has 0 saturated carbocycles. The molecule has 0 aromatic heterocycles. The number of fused-ring (bicyclic) bond motifs is 1. The molecular formula is C19H18FNO2. The van der Waals surface area contributed by atoms with Gasteiger partial charge in [-0.15, -0.1) is 0 Å². The zero-order chi connectivity index (χ0) is 16.4. The maximum atomic E-state index is 13.0. The lowest BCUT2D eigenvalue weighted by Crippen LogP contribution is -2.37. The number of carbonyl (C=O) groups is 2. The van der Waals surface area contributed by atoms with E-state index in [1.165, 1.54) is 12.1 Å². The first-order chi connectivity index (χ1) is 11.1. The zero-order valence-electron chi connectivity index (χ0n) is 13.0. The summed E-state index contributed by atoms with van der Waals surface area (Å²) in [4.78, 5) is 26.3. The highest BCUT2D eigenvalue weighted by atomic mass is 19.1. The lowest BCUT2D eigenvalue weighted by Gasteiger charge is -2.29. The van der Waals surface area contributed by atoms with Crippen molar-refractivity contribution in [3.63, 3.8) is 0 Å². The number of hydrogen-bond acceptors (Lipinski definition) is 2. The second-order valence-corrected chi connectivity index (χ2v) is 5.89. The van der Waals surface area contributed by atoms with Crippen LogP contribution in [0, 0.1) is 5.82 Å². The lowest BCUT2D eigenvalue weighted by molar-refractivity contribution is -0.118. The molecule has 1 heterocycles. The first-order valence-electron chi connectivity index (χ1n) is 7.74. The van der Waals surface area contributed by atoms with Gasteiger partial charge in [0.15, 0.2) is 5.78 Å². The van der Waals surface area contributed by atoms with Gasteiger partial charge in [0.1, 0.15) is 5.82 Å². The van der Waals surface area contributed by atoms with E-state index in [4.69, 9.17) is 0 Å². The Hall–Kier alpha value is -2.49. The molecule has 3 rings (SSSR count). The predicted molar refractivity (Wildman–Crippen MR) is 87.2 cm³/mol. The molecule has 2 aromatic carbocycles. The molecule has 1 aliphatic rings. The minimum atomic E-state index is -0.282. The number of Topliss-reactive ketones (excluding diaryl/α,β-unsaturated/α-hetero) is 1. The van der Waals surface area contributed by atoms with Crippen LogP contribution in [0.15, 0.2) is 48.5 Å². The van der Waals surface area contributed by atoms with Gasteiger partial charge in [-0.2, -0.15) is 0 Å². The van der Waals surface area contributed by atoms with Crippen LogP contribution in [0.3, 0.4) is 0 Å². The van der Waals surface area contributed by atoms with E-state index >= 15 is 0 Å². The van der Waals surface area contributed by atoms with Crippen molar-refractivity contribution >= 4 is 17.4 Å². The number of benzene rings is 2. The van der Waals surface area contributed by atoms with Gasteiger partial charge in [0, 0.05) is 24.9 Å². The van der Waals surface area contributed by atoms with Crippen molar-refractivity contribution in [2.24, 2.45) is 0 Å². The highest BCUT2D eigenvalue weighted by molar-refractivity contribution is 6.08. The molecule has 0 bridgehead atoms. The molecule has 1 aliphatic heterocycles. The summed E-state index contributed by atoms with van der Waals surface area (Å²) in [5.74, 6) is -0.221. The Labute approximate surface area is 134 Å². The summed E-state index contributed by atoms with van der Waals surface area (Å²) >= 11 is 0. The van der Waals surface area contributed by atoms with Crippen LogP contribution in [-0.4, -0.2) is 18.2 Å². The van der Waals surface area contributed by atoms with Gasteiger partial charge in [0.05, 0.1) is 5.69 Å². The van der Waals surface area contributed by atoms with Crippen LogP contribution in [0.5, 0.6) is 0 Å². The van der Waals surface area contributed by atoms with Crippen molar-refractivity contribution in [2.45, 2.75) is 25.7 Å². The largest absolute Gasteiger partial charge is 0.311 e. The molecule has 3 nitrogen and oxygen atoms in total. The van der Waals surface area contributed by atoms with Crippen molar-refractivity contribution in [1.29, 1.82) is 0 Å². The van der Waals surface area contributed by atoms with Crippen molar-refractivity contribution < 1.29 is 14.0 Å². The molecule has 118 valence electrons. The van der Waals surface area contributed by atoms with Crippen LogP contribution in [0.1, 0.15) is 41.6 Å². The third-order valence-electron chi connectivity index (χ3n) is 4.28. The standard InChI is InChI=1S/C19H18FNO2/c1-13(14-6-8-15(20)9-7-14)12-19(23)21-11-10-18(22)16-4-2-3-5-17(16)21/h2-9,13H,10-12H2,1H3. The van der Waals surface area contributed by atoms with Crippen LogP contribution in [-0.2, 0) is 4.79 Å². The van der Waals surface area contributed by atoms with Crippen LogP contribution < -0.4 is 4.90 Å². The predicted octanol–water partition coefficient (Wildman–Crippen LogP) is 3.94. The second kappa shape index (κ2) is 6.32. The Morgan fingerprint density at radius 3 is 2.61 bits per heavy atom. The molecule has 0 spiro atoms. The molecule has 0 fully saturated rings. The number of nitrogens with zero attached hydrogens (tertiary/aromatic N) is 1. The molecule has 0 saturated heterocycles. The highest BCUT2D eigenvalue weighted by Gasteiger charge is 2.27. The topological polar surface area (TPSA) is 37.4 Å². The Kier molecular flexibility index (Phi) is 4.24. The average molecular weight is 311 g/mol. The molecular weight excluding hydrogens is 293 g/mol. The fourth-order valence-corrected chi connectivity index (χ4v) is 2.95. The van der Waals surface area contributed by atoms with Crippen LogP contribution in [0.25, 0.3) is 0 Å². The smallest absolute Gasteiger partial charge is 0.227 e. The molecule has 23 heavy (non-hydrogen) atoms. The van der Waals surface area contributed by atoms with E-state index in [1.54, 1.807) is 23.1 Å². The molecule has 1 amide bonds. The number of ketones is 1. The van der Waals surface area contributed by atoms with E-state index in [0.29, 0.717) is 30.6 Å². The third-order valence-corrected chi connectivity index (χ3v) is 4.28. The summed E-state index contributed by atoms with van der Waals surface area (Å²) < 4.78 is 13.0. The molecule has 1 atom stereocenters. The van der Waals surface area contributed by atoms with Gasteiger partial charge in [-0.25, -0.2) is 4.39 Å². The van der Waals surface area contributed by atoms with Gasteiger partial charge in [-0.1, -0.05) is 31.2 Å². The van der Waals surface area contributed by atoms with E-state index < -0.39 is 0 Å². The summed E-state index contributed by atoms with van der Waals surface area (Å²) in [5, 5.41) is 0. The lowest BCUT2D eigenvalue weighted by atomic mass is 9.95. The zero-order valence-corrected chi connectivity index (χ0v) is 13.0. The molecule has 1 unspecified atom stereocenters. The average Bonchev–Trinajstić information content (AvgIpc) is 2.56. The van der Waals surface area contributed by atoms with Gasteiger partial charge >= 0.3 is 0 Å². The van der Waals surface area contributed by atoms with Crippen molar-refractivity contribution in [3.8, 4) is 0 Å². The van der Waals surface area contributed by atoms with Gasteiger partial charge in [0.25, 0.3) is 0 Å². The van der Waals surface area contributed by atoms with E-state index in [2.05, 4.69) is 0 Å². The maximum Gasteiger partial charge on any atom is 0.227 e. The molecule has 4 heteroatoms. The second-order valence-electron chi connectivity index (χ2n) is 5.89. The summed E-state index contributed by atoms with van der Waals surface area (Å²) in [6, 6.07) is 13.5. The number of para-hydroxylation sites is 1. The maximum absolute atomic E-state index is 13.0. The van der Waals surface area contributed by atoms with Crippen molar-refractivity contribution in [1.82, 2.24) is 0 Å². The number of halogens is 1. The summed E-state index contributed by atoms with van der Waals surface area (Å²) in [6.07, 6.45) is 0.682. The first kappa shape index (κ1) is 15.4. The molecule has 0 aliphatic carbocycles. The SMILES string of the molecule is CC(CC(=O)N1CCC(=O)c2ccccc21)c1ccc(F)cc1. The first-order valence-corrected chi connectivity index (χ1v) is 7.74. The molecule has 0 radical (unpaired) electrons. The number of hydrogen-bond donors (Lipinski definition) is 0. The van der Waals surface area contributed by atoms with E-state index in [9.17, 15) is 14.0 Å². The summed E-state index contributed by atoms with van der Waals surface area (Å²) in [6.45, 7) is 2.37. The van der Waals surface area contributed by atoms with Gasteiger partial charge in [0.2, 0.25) is 5.91 Å². The van der Waals surface area contributed by atoms with E-state index in [0.717, 1.165) is 5.56 Å². The van der Waals surface area contributed by atoms with E-state index in [1.807, 2.05) is 25.1 Å². The van der Waals surface area contributed by atoms with E-state index in [-0.39, 0.29) is 23.4 Å². The van der Waals surface area contributed by atoms with Crippen LogP contribution in [0.2, 0.25) is 0 Å². The fourth-order valence-electron chi connectivity index (χ4n) is 2.95. The minimum absolute atomic E-state index is 0.00658. The Balaban J connectivity index is 1.77. The highest BCUT2D eigenvalue weighted by Crippen LogP contribution is 2.29. The molecule has 0 N–H and O–H groups in total. The van der Waals surface area contributed by atoms with Gasteiger partial charge in [-0.05, 0) is 35.7 Å². The summed E-state index contributed by atoms with van der Waals surface area (Å²) in [5.41, 5.74) is 2.24. The Morgan fingerprint density at radius 2 is 1.87 bits per heavy atom. The Morgan fingerprint density at radius 1 is 1.17 bits per heavy atom. The molecule has 2 aromatic rings. The Bertz CT molecular complexity index is 739. The number of carbonyl (C=O) groups excluding carboxylic acids is 2. The number of anilines is 1. The van der Waals surface area contributed by atoms with Crippen LogP contribution >= 0.6 is 0 Å². The normalized spacial score (nSPS) is 15.2. The number of rotatable bonds is 3. The van der Waals surface area contributed by atoms with Gasteiger partial charge in [-0.3, -0.25) is 9.59 Å². The summed E-state index contributed by atoms with van der Waals surface area (Å²) in [7, 11) is 0. The van der Waals surface area contributed by atoms with Crippen molar-refractivity contribution in [3.05, 3.63) is 65.5 Å². The fraction of sp³-hybridized carbons (Fsp3) is 0.263. The van der Waals surface area contributed by atoms with Crippen molar-refractivity contribution in [2.75, 3.05) is 11.4 Å². The monoisotopic (exact) mass is 311 g/mol. The quantitative estimate of drug-likeness (QED) is 0.861. The minimum Gasteiger partial charge on any atom is -0.311 e. The third kappa shape index (κ3) is 3.16. The number of amides is 1.